The Hall–Kier alpha value is -2.97. The molecule has 0 rings (SSSR count). The molecule has 0 bridgehead atoms. The van der Waals surface area contributed by atoms with Crippen molar-refractivity contribution in [1.82, 2.24) is 0 Å². The first-order chi connectivity index (χ1) is 26.6. The highest BCUT2D eigenvalue weighted by Crippen LogP contribution is 2.14. The van der Waals surface area contributed by atoms with E-state index in [4.69, 9.17) is 14.2 Å². The maximum atomic E-state index is 12.7. The molecule has 0 aromatic carbocycles. The minimum atomic E-state index is -0.884. The smallest absolute Gasteiger partial charge is 0.362 e. The van der Waals surface area contributed by atoms with Crippen molar-refractivity contribution in [3.8, 4) is 0 Å². The van der Waals surface area contributed by atoms with Crippen LogP contribution in [0, 0.1) is 0 Å². The molecule has 0 amide bonds. The number of hydrogen-bond donors (Lipinski definition) is 1. The van der Waals surface area contributed by atoms with Gasteiger partial charge >= 0.3 is 17.9 Å². The molecule has 0 spiro atoms. The van der Waals surface area contributed by atoms with Crippen molar-refractivity contribution in [2.75, 3.05) is 41.0 Å². The predicted molar refractivity (Wildman–Crippen MR) is 229 cm³/mol. The summed E-state index contributed by atoms with van der Waals surface area (Å²) in [5, 5.41) is 9.61. The molecule has 0 radical (unpaired) electrons. The molecule has 2 atom stereocenters. The molecule has 1 N–H and O–H groups in total. The molecular formula is C47H82NO7+. The van der Waals surface area contributed by atoms with Gasteiger partial charge < -0.3 is 23.8 Å². The van der Waals surface area contributed by atoms with Gasteiger partial charge in [0.25, 0.3) is 0 Å². The van der Waals surface area contributed by atoms with Crippen LogP contribution < -0.4 is 0 Å². The molecule has 2 unspecified atom stereocenters. The molecule has 8 nitrogen and oxygen atoms in total. The summed E-state index contributed by atoms with van der Waals surface area (Å²) in [5.74, 6) is -1.53. The summed E-state index contributed by atoms with van der Waals surface area (Å²) in [4.78, 5) is 36.9. The monoisotopic (exact) mass is 773 g/mol. The van der Waals surface area contributed by atoms with E-state index in [0.717, 1.165) is 51.4 Å². The van der Waals surface area contributed by atoms with Crippen LogP contribution in [0.3, 0.4) is 0 Å². The lowest BCUT2D eigenvalue weighted by molar-refractivity contribution is -0.887. The van der Waals surface area contributed by atoms with Crippen molar-refractivity contribution < 1.29 is 38.2 Å². The van der Waals surface area contributed by atoms with Gasteiger partial charge in [0.05, 0.1) is 34.4 Å². The number of carboxylic acids is 1. The first-order valence-corrected chi connectivity index (χ1v) is 21.8. The lowest BCUT2D eigenvalue weighted by Crippen LogP contribution is -2.50. The summed E-state index contributed by atoms with van der Waals surface area (Å²) in [6.07, 6.45) is 45.6. The highest BCUT2D eigenvalue weighted by Gasteiger charge is 2.31. The first-order valence-electron chi connectivity index (χ1n) is 21.8. The van der Waals surface area contributed by atoms with Crippen LogP contribution in [0.25, 0.3) is 0 Å². The van der Waals surface area contributed by atoms with Gasteiger partial charge in [0, 0.05) is 19.3 Å². The van der Waals surface area contributed by atoms with Crippen LogP contribution in [0.2, 0.25) is 0 Å². The number of allylic oxidation sites excluding steroid dienone is 10. The van der Waals surface area contributed by atoms with Gasteiger partial charge in [0.2, 0.25) is 0 Å². The molecule has 0 heterocycles. The second kappa shape index (κ2) is 37.9. The van der Waals surface area contributed by atoms with Gasteiger partial charge in [-0.25, -0.2) is 4.79 Å². The van der Waals surface area contributed by atoms with Crippen LogP contribution >= 0.6 is 0 Å². The van der Waals surface area contributed by atoms with E-state index in [1.54, 1.807) is 0 Å². The van der Waals surface area contributed by atoms with E-state index in [1.807, 2.05) is 21.1 Å². The van der Waals surface area contributed by atoms with Crippen LogP contribution in [0.15, 0.2) is 60.8 Å². The number of carboxylic acid groups (broad SMARTS) is 1. The van der Waals surface area contributed by atoms with Crippen LogP contribution in [0.1, 0.15) is 168 Å². The summed E-state index contributed by atoms with van der Waals surface area (Å²) in [6.45, 7) is 4.54. The van der Waals surface area contributed by atoms with Crippen LogP contribution in [-0.2, 0) is 28.6 Å². The zero-order chi connectivity index (χ0) is 40.7. The van der Waals surface area contributed by atoms with Gasteiger partial charge in [-0.3, -0.25) is 9.59 Å². The van der Waals surface area contributed by atoms with Gasteiger partial charge in [-0.2, -0.15) is 0 Å². The average molecular weight is 773 g/mol. The number of rotatable bonds is 38. The maximum Gasteiger partial charge on any atom is 0.362 e. The maximum absolute atomic E-state index is 12.7. The Kier molecular flexibility index (Phi) is 35.9. The van der Waals surface area contributed by atoms with Crippen molar-refractivity contribution >= 4 is 17.9 Å². The first kappa shape index (κ1) is 52.0. The zero-order valence-electron chi connectivity index (χ0n) is 35.9. The highest BCUT2D eigenvalue weighted by atomic mass is 16.6. The van der Waals surface area contributed by atoms with Crippen molar-refractivity contribution in [3.05, 3.63) is 60.8 Å². The summed E-state index contributed by atoms with van der Waals surface area (Å²) in [6, 6.07) is -0.623. The van der Waals surface area contributed by atoms with Crippen molar-refractivity contribution in [3.63, 3.8) is 0 Å². The molecule has 0 saturated heterocycles. The summed E-state index contributed by atoms with van der Waals surface area (Å²) in [7, 11) is 5.50. The molecule has 0 aliphatic rings. The van der Waals surface area contributed by atoms with Crippen LogP contribution in [0.4, 0.5) is 0 Å². The van der Waals surface area contributed by atoms with E-state index < -0.39 is 18.1 Å². The number of ether oxygens (including phenoxy) is 3. The Morgan fingerprint density at radius 1 is 0.582 bits per heavy atom. The Morgan fingerprint density at radius 2 is 1.07 bits per heavy atom. The van der Waals surface area contributed by atoms with E-state index in [0.29, 0.717) is 19.3 Å². The summed E-state index contributed by atoms with van der Waals surface area (Å²) >= 11 is 0. The zero-order valence-corrected chi connectivity index (χ0v) is 35.9. The van der Waals surface area contributed by atoms with E-state index in [2.05, 4.69) is 74.6 Å². The van der Waals surface area contributed by atoms with E-state index >= 15 is 0 Å². The second-order valence-electron chi connectivity index (χ2n) is 15.6. The van der Waals surface area contributed by atoms with Crippen molar-refractivity contribution in [2.24, 2.45) is 0 Å². The number of esters is 2. The Bertz CT molecular complexity index is 1090. The standard InChI is InChI=1S/C47H81NO7/c1-6-8-10-12-14-16-18-20-21-22-23-24-25-26-28-29-31-33-35-37-45(49)54-42-43(41-53-40-39-44(47(51)52)48(3,4)5)55-46(50)38-36-34-32-30-27-19-17-15-13-11-9-7-2/h9,11,14-18,20,27,30,43-44H,6-8,10,12-13,19,21-26,28-29,31-42H2,1-5H3/p+1/b11-9+,16-14+,17-15+,20-18+,30-27+. The fourth-order valence-electron chi connectivity index (χ4n) is 6.04. The van der Waals surface area contributed by atoms with E-state index in [-0.39, 0.29) is 42.7 Å². The number of carbonyl (C=O) groups is 3. The van der Waals surface area contributed by atoms with Gasteiger partial charge in [0.15, 0.2) is 12.1 Å². The average Bonchev–Trinajstić information content (AvgIpc) is 3.14. The fraction of sp³-hybridized carbons (Fsp3) is 0.723. The molecule has 316 valence electrons. The Balaban J connectivity index is 4.34. The number of likely N-dealkylation sites (N-methyl/N-ethyl adjacent to an activating group) is 1. The third kappa shape index (κ3) is 36.4. The number of quaternary nitrogens is 1. The SMILES string of the molecule is CC/C=C/C/C=C/C/C=C/CCCCC(=O)OC(COCCC(C(=O)O)[N+](C)(C)C)COC(=O)CCCCCCCCCCCC/C=C/C=C/CCCCC. The topological polar surface area (TPSA) is 99.1 Å². The molecule has 8 heteroatoms. The molecule has 0 aromatic rings. The van der Waals surface area contributed by atoms with Gasteiger partial charge in [-0.1, -0.05) is 139 Å². The molecular weight excluding hydrogens is 691 g/mol. The Labute approximate surface area is 337 Å². The van der Waals surface area contributed by atoms with Gasteiger partial charge in [0.1, 0.15) is 6.61 Å². The third-order valence-electron chi connectivity index (χ3n) is 9.43. The fourth-order valence-corrected chi connectivity index (χ4v) is 6.04. The predicted octanol–water partition coefficient (Wildman–Crippen LogP) is 11.8. The van der Waals surface area contributed by atoms with Crippen molar-refractivity contribution in [1.29, 1.82) is 0 Å². The third-order valence-corrected chi connectivity index (χ3v) is 9.43. The quantitative estimate of drug-likeness (QED) is 0.0219. The van der Waals surface area contributed by atoms with E-state index in [1.165, 1.54) is 77.0 Å². The molecule has 55 heavy (non-hydrogen) atoms. The number of aliphatic carboxylic acids is 1. The van der Waals surface area contributed by atoms with E-state index in [9.17, 15) is 19.5 Å². The summed E-state index contributed by atoms with van der Waals surface area (Å²) in [5.41, 5.74) is 0. The Morgan fingerprint density at radius 3 is 1.65 bits per heavy atom. The van der Waals surface area contributed by atoms with Crippen LogP contribution in [0.5, 0.6) is 0 Å². The lowest BCUT2D eigenvalue weighted by Gasteiger charge is -2.31. The van der Waals surface area contributed by atoms with Crippen molar-refractivity contribution in [2.45, 2.75) is 180 Å². The van der Waals surface area contributed by atoms with Gasteiger partial charge in [-0.05, 0) is 70.6 Å². The lowest BCUT2D eigenvalue weighted by atomic mass is 10.1. The number of unbranched alkanes of at least 4 members (excludes halogenated alkanes) is 15. The van der Waals surface area contributed by atoms with Gasteiger partial charge in [-0.15, -0.1) is 0 Å². The molecule has 0 saturated carbocycles. The highest BCUT2D eigenvalue weighted by molar-refractivity contribution is 5.72. The molecule has 0 fully saturated rings. The summed E-state index contributed by atoms with van der Waals surface area (Å²) < 4.78 is 17.2. The molecule has 0 aliphatic carbocycles. The largest absolute Gasteiger partial charge is 0.477 e. The second-order valence-corrected chi connectivity index (χ2v) is 15.6. The molecule has 0 aliphatic heterocycles. The van der Waals surface area contributed by atoms with Crippen LogP contribution in [-0.4, -0.2) is 80.6 Å². The number of nitrogens with zero attached hydrogens (tertiary/aromatic N) is 1. The normalized spacial score (nSPS) is 13.5. The number of hydrogen-bond acceptors (Lipinski definition) is 6. The minimum absolute atomic E-state index is 0.0426. The minimum Gasteiger partial charge on any atom is -0.477 e. The number of carbonyl (C=O) groups excluding carboxylic acids is 2. The molecule has 0 aromatic heterocycles.